The number of amides is 1. The number of thioether (sulfide) groups is 1. The minimum atomic E-state index is -0.0702. The molecule has 4 rings (SSSR count). The number of carbonyl (C=O) groups is 1. The van der Waals surface area contributed by atoms with E-state index in [0.717, 1.165) is 49.0 Å². The van der Waals surface area contributed by atoms with Crippen molar-refractivity contribution in [2.45, 2.75) is 56.6 Å². The van der Waals surface area contributed by atoms with Crippen molar-refractivity contribution in [1.82, 2.24) is 29.0 Å². The molecule has 1 fully saturated rings. The van der Waals surface area contributed by atoms with Gasteiger partial charge in [-0.05, 0) is 19.8 Å². The van der Waals surface area contributed by atoms with Gasteiger partial charge in [0.15, 0.2) is 15.9 Å². The Bertz CT molecular complexity index is 1040. The maximum atomic E-state index is 12.3. The molecule has 8 nitrogen and oxygen atoms in total. The Morgan fingerprint density at radius 2 is 2.11 bits per heavy atom. The van der Waals surface area contributed by atoms with Gasteiger partial charge in [-0.1, -0.05) is 18.2 Å². The number of rotatable bonds is 6. The largest absolute Gasteiger partial charge is 0.335 e. The van der Waals surface area contributed by atoms with Crippen LogP contribution in [-0.4, -0.2) is 41.5 Å². The first kappa shape index (κ1) is 19.1. The highest BCUT2D eigenvalue weighted by molar-refractivity contribution is 7.98. The Kier molecular flexibility index (Phi) is 5.77. The van der Waals surface area contributed by atoms with Crippen molar-refractivity contribution in [2.75, 3.05) is 6.54 Å². The van der Waals surface area contributed by atoms with Crippen molar-refractivity contribution in [3.05, 3.63) is 39.5 Å². The van der Waals surface area contributed by atoms with Crippen LogP contribution in [0.3, 0.4) is 0 Å². The van der Waals surface area contributed by atoms with Gasteiger partial charge in [-0.3, -0.25) is 14.0 Å². The predicted octanol–water partition coefficient (Wildman–Crippen LogP) is 2.56. The minimum absolute atomic E-state index is 0.0702. The number of aromatic nitrogens is 5. The van der Waals surface area contributed by atoms with Gasteiger partial charge in [-0.15, -0.1) is 21.5 Å². The fourth-order valence-electron chi connectivity index (χ4n) is 3.34. The highest BCUT2D eigenvalue weighted by Crippen LogP contribution is 2.23. The topological polar surface area (TPSA) is 85.4 Å². The molecule has 0 atom stereocenters. The van der Waals surface area contributed by atoms with Gasteiger partial charge in [0, 0.05) is 42.9 Å². The molecule has 28 heavy (non-hydrogen) atoms. The Morgan fingerprint density at radius 3 is 2.96 bits per heavy atom. The Morgan fingerprint density at radius 1 is 1.21 bits per heavy atom. The number of nitrogens with zero attached hydrogens (tertiary/aromatic N) is 6. The highest BCUT2D eigenvalue weighted by Gasteiger charge is 2.20. The average molecular weight is 419 g/mol. The number of hydrogen-bond acceptors (Lipinski definition) is 7. The van der Waals surface area contributed by atoms with Crippen LogP contribution in [0.4, 0.5) is 0 Å². The van der Waals surface area contributed by atoms with Gasteiger partial charge in [-0.2, -0.15) is 0 Å². The molecule has 0 aromatic carbocycles. The fraction of sp³-hybridized carbons (Fsp3) is 0.500. The van der Waals surface area contributed by atoms with Gasteiger partial charge in [0.2, 0.25) is 5.91 Å². The highest BCUT2D eigenvalue weighted by atomic mass is 32.2. The van der Waals surface area contributed by atoms with Crippen LogP contribution in [0.5, 0.6) is 0 Å². The van der Waals surface area contributed by atoms with Crippen molar-refractivity contribution in [3.8, 4) is 0 Å². The second-order valence-corrected chi connectivity index (χ2v) is 8.51. The normalized spacial score (nSPS) is 15.3. The summed E-state index contributed by atoms with van der Waals surface area (Å²) in [5, 5.41) is 11.3. The summed E-state index contributed by atoms with van der Waals surface area (Å²) < 4.78 is 3.59. The third-order valence-electron chi connectivity index (χ3n) is 4.82. The second kappa shape index (κ2) is 8.44. The Hall–Kier alpha value is -2.20. The quantitative estimate of drug-likeness (QED) is 0.572. The number of fused-ring (bicyclic) bond motifs is 1. The van der Waals surface area contributed by atoms with Crippen molar-refractivity contribution in [2.24, 2.45) is 0 Å². The van der Waals surface area contributed by atoms with Crippen LogP contribution in [0, 0.1) is 0 Å². The molecule has 148 valence electrons. The number of likely N-dealkylation sites (tertiary alicyclic amines) is 1. The van der Waals surface area contributed by atoms with E-state index in [9.17, 15) is 9.59 Å². The summed E-state index contributed by atoms with van der Waals surface area (Å²) in [6.45, 7) is 4.06. The van der Waals surface area contributed by atoms with Gasteiger partial charge in [0.25, 0.3) is 5.56 Å². The van der Waals surface area contributed by atoms with Gasteiger partial charge >= 0.3 is 0 Å². The van der Waals surface area contributed by atoms with Crippen LogP contribution in [0.1, 0.15) is 44.1 Å². The van der Waals surface area contributed by atoms with Crippen molar-refractivity contribution >= 4 is 34.0 Å². The van der Waals surface area contributed by atoms with E-state index >= 15 is 0 Å². The number of hydrogen-bond donors (Lipinski definition) is 0. The molecule has 1 aliphatic heterocycles. The molecule has 3 aromatic rings. The van der Waals surface area contributed by atoms with Crippen LogP contribution in [-0.2, 0) is 23.6 Å². The zero-order chi connectivity index (χ0) is 19.5. The van der Waals surface area contributed by atoms with E-state index in [1.807, 2.05) is 21.8 Å². The Labute approximate surface area is 170 Å². The molecule has 0 N–H and O–H groups in total. The predicted molar refractivity (Wildman–Crippen MR) is 108 cm³/mol. The standard InChI is InChI=1S/C18H22N6O2S2/c1-2-23-14(11-22-7-5-3-4-6-15(22)25)20-21-18(23)28-12-13-10-16(26)24-8-9-27-17(24)19-13/h8-10H,2-7,11-12H2,1H3. The van der Waals surface area contributed by atoms with Crippen LogP contribution in [0.25, 0.3) is 4.96 Å². The van der Waals surface area contributed by atoms with E-state index in [1.165, 1.54) is 23.1 Å². The Balaban J connectivity index is 1.49. The first-order valence-electron chi connectivity index (χ1n) is 9.44. The summed E-state index contributed by atoms with van der Waals surface area (Å²) in [4.78, 5) is 31.5. The number of thiazole rings is 1. The van der Waals surface area contributed by atoms with Gasteiger partial charge < -0.3 is 9.47 Å². The molecule has 0 radical (unpaired) electrons. The molecule has 4 heterocycles. The minimum Gasteiger partial charge on any atom is -0.335 e. The molecule has 0 aliphatic carbocycles. The molecular formula is C18H22N6O2S2. The first-order valence-corrected chi connectivity index (χ1v) is 11.3. The lowest BCUT2D eigenvalue weighted by atomic mass is 10.2. The lowest BCUT2D eigenvalue weighted by molar-refractivity contribution is -0.131. The van der Waals surface area contributed by atoms with Gasteiger partial charge in [0.05, 0.1) is 12.2 Å². The summed E-state index contributed by atoms with van der Waals surface area (Å²) in [6.07, 6.45) is 5.47. The van der Waals surface area contributed by atoms with Crippen molar-refractivity contribution < 1.29 is 4.79 Å². The molecule has 1 aliphatic rings. The summed E-state index contributed by atoms with van der Waals surface area (Å²) >= 11 is 2.95. The van der Waals surface area contributed by atoms with Gasteiger partial charge in [-0.25, -0.2) is 4.98 Å². The number of carbonyl (C=O) groups excluding carboxylic acids is 1. The van der Waals surface area contributed by atoms with Crippen LogP contribution >= 0.6 is 23.1 Å². The molecule has 0 unspecified atom stereocenters. The summed E-state index contributed by atoms with van der Waals surface area (Å²) in [5.41, 5.74) is 0.659. The average Bonchev–Trinajstić information content (AvgIpc) is 3.26. The fourth-order valence-corrected chi connectivity index (χ4v) is 4.99. The van der Waals surface area contributed by atoms with E-state index in [-0.39, 0.29) is 11.5 Å². The van der Waals surface area contributed by atoms with E-state index in [0.29, 0.717) is 23.7 Å². The molecule has 1 saturated heterocycles. The van der Waals surface area contributed by atoms with Crippen LogP contribution in [0.2, 0.25) is 0 Å². The van der Waals surface area contributed by atoms with Gasteiger partial charge in [0.1, 0.15) is 0 Å². The lowest BCUT2D eigenvalue weighted by Crippen LogP contribution is -2.31. The van der Waals surface area contributed by atoms with Crippen LogP contribution in [0.15, 0.2) is 27.6 Å². The van der Waals surface area contributed by atoms with E-state index in [1.54, 1.807) is 16.7 Å². The van der Waals surface area contributed by atoms with Crippen molar-refractivity contribution in [1.29, 1.82) is 0 Å². The summed E-state index contributed by atoms with van der Waals surface area (Å²) in [7, 11) is 0. The first-order chi connectivity index (χ1) is 13.7. The molecule has 1 amide bonds. The zero-order valence-electron chi connectivity index (χ0n) is 15.7. The summed E-state index contributed by atoms with van der Waals surface area (Å²) in [6, 6.07) is 1.57. The maximum absolute atomic E-state index is 12.3. The molecule has 3 aromatic heterocycles. The zero-order valence-corrected chi connectivity index (χ0v) is 17.3. The molecule has 10 heteroatoms. The van der Waals surface area contributed by atoms with E-state index < -0.39 is 0 Å². The molecule has 0 spiro atoms. The molecule has 0 saturated carbocycles. The van der Waals surface area contributed by atoms with Crippen molar-refractivity contribution in [3.63, 3.8) is 0 Å². The molecule has 0 bridgehead atoms. The lowest BCUT2D eigenvalue weighted by Gasteiger charge is -2.20. The SMILES string of the molecule is CCn1c(CN2CCCCCC2=O)nnc1SCc1cc(=O)n2ccsc2n1. The second-order valence-electron chi connectivity index (χ2n) is 6.70. The summed E-state index contributed by atoms with van der Waals surface area (Å²) in [5.74, 6) is 1.55. The third kappa shape index (κ3) is 3.97. The van der Waals surface area contributed by atoms with E-state index in [2.05, 4.69) is 15.2 Å². The third-order valence-corrected chi connectivity index (χ3v) is 6.58. The maximum Gasteiger partial charge on any atom is 0.258 e. The smallest absolute Gasteiger partial charge is 0.258 e. The monoisotopic (exact) mass is 418 g/mol. The van der Waals surface area contributed by atoms with E-state index in [4.69, 9.17) is 0 Å². The van der Waals surface area contributed by atoms with Crippen LogP contribution < -0.4 is 5.56 Å². The molecular weight excluding hydrogens is 396 g/mol.